The number of alkyl halides is 3. The summed E-state index contributed by atoms with van der Waals surface area (Å²) in [5.74, 6) is 4.72. The van der Waals surface area contributed by atoms with Crippen molar-refractivity contribution in [3.8, 4) is 11.8 Å². The molecule has 0 saturated carbocycles. The molecule has 0 aromatic heterocycles. The average molecular weight is 349 g/mol. The first-order valence-electron chi connectivity index (χ1n) is 7.00. The van der Waals surface area contributed by atoms with Gasteiger partial charge in [0.15, 0.2) is 0 Å². The lowest BCUT2D eigenvalue weighted by Crippen LogP contribution is -2.24. The molecule has 24 heavy (non-hydrogen) atoms. The number of thioether (sulfide) groups is 1. The Morgan fingerprint density at radius 2 is 1.79 bits per heavy atom. The van der Waals surface area contributed by atoms with Gasteiger partial charge in [0.1, 0.15) is 0 Å². The van der Waals surface area contributed by atoms with Crippen molar-refractivity contribution in [1.82, 2.24) is 5.32 Å². The Balaban J connectivity index is 2.06. The summed E-state index contributed by atoms with van der Waals surface area (Å²) in [7, 11) is 0. The van der Waals surface area contributed by atoms with Crippen LogP contribution in [-0.4, -0.2) is 18.7 Å². The van der Waals surface area contributed by atoms with E-state index in [0.29, 0.717) is 5.56 Å². The van der Waals surface area contributed by atoms with Gasteiger partial charge in [-0.25, -0.2) is 0 Å². The molecule has 1 amide bonds. The van der Waals surface area contributed by atoms with Gasteiger partial charge in [-0.15, -0.1) is 11.8 Å². The fourth-order valence-corrected chi connectivity index (χ4v) is 2.63. The summed E-state index contributed by atoms with van der Waals surface area (Å²) in [5, 5.41) is 2.59. The van der Waals surface area contributed by atoms with E-state index in [1.165, 1.54) is 30.0 Å². The molecule has 2 aromatic carbocycles. The zero-order valence-electron chi connectivity index (χ0n) is 12.8. The van der Waals surface area contributed by atoms with Gasteiger partial charge < -0.3 is 5.32 Å². The van der Waals surface area contributed by atoms with Crippen LogP contribution in [0.4, 0.5) is 13.2 Å². The molecule has 0 atom stereocenters. The van der Waals surface area contributed by atoms with Gasteiger partial charge in [0.25, 0.3) is 5.91 Å². The highest BCUT2D eigenvalue weighted by Crippen LogP contribution is 2.31. The number of nitrogens with one attached hydrogen (secondary N) is 1. The van der Waals surface area contributed by atoms with E-state index in [9.17, 15) is 18.0 Å². The second-order valence-electron chi connectivity index (χ2n) is 4.73. The van der Waals surface area contributed by atoms with Crippen LogP contribution in [0.1, 0.15) is 21.5 Å². The quantitative estimate of drug-likeness (QED) is 0.664. The maximum atomic E-state index is 12.9. The van der Waals surface area contributed by atoms with E-state index < -0.39 is 11.7 Å². The van der Waals surface area contributed by atoms with E-state index in [2.05, 4.69) is 17.2 Å². The molecule has 0 bridgehead atoms. The van der Waals surface area contributed by atoms with Crippen LogP contribution in [0.25, 0.3) is 0 Å². The zero-order chi connectivity index (χ0) is 17.6. The predicted molar refractivity (Wildman–Crippen MR) is 88.9 cm³/mol. The smallest absolute Gasteiger partial charge is 0.341 e. The highest BCUT2D eigenvalue weighted by Gasteiger charge is 2.32. The third kappa shape index (κ3) is 4.56. The lowest BCUT2D eigenvalue weighted by atomic mass is 10.1. The minimum atomic E-state index is -4.45. The summed E-state index contributed by atoms with van der Waals surface area (Å²) in [6.45, 7) is -0.0340. The van der Waals surface area contributed by atoms with Crippen LogP contribution in [0.15, 0.2) is 53.4 Å². The molecule has 0 fully saturated rings. The van der Waals surface area contributed by atoms with E-state index in [1.54, 1.807) is 12.1 Å². The van der Waals surface area contributed by atoms with Gasteiger partial charge >= 0.3 is 6.18 Å². The molecule has 0 spiro atoms. The number of benzene rings is 2. The average Bonchev–Trinajstić information content (AvgIpc) is 2.58. The van der Waals surface area contributed by atoms with Crippen molar-refractivity contribution < 1.29 is 18.0 Å². The Bertz CT molecular complexity index is 791. The molecule has 0 unspecified atom stereocenters. The first-order valence-corrected chi connectivity index (χ1v) is 8.22. The normalized spacial score (nSPS) is 10.7. The van der Waals surface area contributed by atoms with Crippen LogP contribution < -0.4 is 5.32 Å². The van der Waals surface area contributed by atoms with Gasteiger partial charge in [-0.3, -0.25) is 4.79 Å². The fraction of sp³-hybridized carbons (Fsp3) is 0.167. The van der Waals surface area contributed by atoms with E-state index in [1.807, 2.05) is 18.4 Å². The van der Waals surface area contributed by atoms with Crippen molar-refractivity contribution in [3.63, 3.8) is 0 Å². The summed E-state index contributed by atoms with van der Waals surface area (Å²) in [6.07, 6.45) is -2.59. The summed E-state index contributed by atoms with van der Waals surface area (Å²) in [4.78, 5) is 12.9. The van der Waals surface area contributed by atoms with E-state index in [-0.39, 0.29) is 18.0 Å². The summed E-state index contributed by atoms with van der Waals surface area (Å²) in [6, 6.07) is 12.2. The van der Waals surface area contributed by atoms with Crippen molar-refractivity contribution in [1.29, 1.82) is 0 Å². The van der Waals surface area contributed by atoms with Gasteiger partial charge in [-0.2, -0.15) is 13.2 Å². The molecule has 0 saturated heterocycles. The number of halogens is 3. The van der Waals surface area contributed by atoms with E-state index >= 15 is 0 Å². The fourth-order valence-electron chi connectivity index (χ4n) is 2.03. The number of carbonyl (C=O) groups is 1. The minimum Gasteiger partial charge on any atom is -0.341 e. The SMILES string of the molecule is CSc1ccccc1C(=O)NCC#Cc1ccccc1C(F)(F)F. The van der Waals surface area contributed by atoms with Gasteiger partial charge in [-0.1, -0.05) is 36.1 Å². The molecular formula is C18H14F3NOS. The van der Waals surface area contributed by atoms with Crippen LogP contribution in [0, 0.1) is 11.8 Å². The Hall–Kier alpha value is -2.39. The first-order chi connectivity index (χ1) is 11.4. The molecule has 1 N–H and O–H groups in total. The van der Waals surface area contributed by atoms with E-state index in [4.69, 9.17) is 0 Å². The number of carbonyl (C=O) groups excluding carboxylic acids is 1. The molecule has 0 aliphatic rings. The Kier molecular flexibility index (Phi) is 5.93. The standard InChI is InChI=1S/C18H14F3NOS/c1-24-16-11-5-3-9-14(16)17(23)22-12-6-8-13-7-2-4-10-15(13)18(19,20)21/h2-5,7,9-11H,12H2,1H3,(H,22,23). The van der Waals surface area contributed by atoms with Crippen LogP contribution >= 0.6 is 11.8 Å². The topological polar surface area (TPSA) is 29.1 Å². The number of amides is 1. The maximum Gasteiger partial charge on any atom is 0.417 e. The number of hydrogen-bond acceptors (Lipinski definition) is 2. The maximum absolute atomic E-state index is 12.9. The van der Waals surface area contributed by atoms with Crippen molar-refractivity contribution >= 4 is 17.7 Å². The molecular weight excluding hydrogens is 335 g/mol. The second-order valence-corrected chi connectivity index (χ2v) is 5.58. The number of hydrogen-bond donors (Lipinski definition) is 1. The Labute approximate surface area is 142 Å². The van der Waals surface area contributed by atoms with Crippen LogP contribution in [-0.2, 0) is 6.18 Å². The van der Waals surface area contributed by atoms with Gasteiger partial charge in [0.05, 0.1) is 17.7 Å². The van der Waals surface area contributed by atoms with Crippen molar-refractivity contribution in [2.75, 3.05) is 12.8 Å². The molecule has 0 aliphatic carbocycles. The predicted octanol–water partition coefficient (Wildman–Crippen LogP) is 4.21. The van der Waals surface area contributed by atoms with Crippen molar-refractivity contribution in [2.45, 2.75) is 11.1 Å². The first kappa shape index (κ1) is 18.0. The highest BCUT2D eigenvalue weighted by atomic mass is 32.2. The molecule has 2 aromatic rings. The molecule has 0 aliphatic heterocycles. The van der Waals surface area contributed by atoms with Gasteiger partial charge in [0.2, 0.25) is 0 Å². The molecule has 0 heterocycles. The molecule has 6 heteroatoms. The van der Waals surface area contributed by atoms with Gasteiger partial charge in [0, 0.05) is 10.5 Å². The third-order valence-corrected chi connectivity index (χ3v) is 3.94. The molecule has 2 nitrogen and oxygen atoms in total. The van der Waals surface area contributed by atoms with Crippen molar-refractivity contribution in [2.24, 2.45) is 0 Å². The lowest BCUT2D eigenvalue weighted by Gasteiger charge is -2.08. The third-order valence-electron chi connectivity index (χ3n) is 3.14. The van der Waals surface area contributed by atoms with Gasteiger partial charge in [-0.05, 0) is 30.5 Å². The zero-order valence-corrected chi connectivity index (χ0v) is 13.6. The minimum absolute atomic E-state index is 0.0340. The van der Waals surface area contributed by atoms with Crippen molar-refractivity contribution in [3.05, 3.63) is 65.2 Å². The Morgan fingerprint density at radius 3 is 2.50 bits per heavy atom. The molecule has 2 rings (SSSR count). The van der Waals surface area contributed by atoms with Crippen LogP contribution in [0.5, 0.6) is 0 Å². The lowest BCUT2D eigenvalue weighted by molar-refractivity contribution is -0.137. The summed E-state index contributed by atoms with van der Waals surface area (Å²) < 4.78 is 38.6. The summed E-state index contributed by atoms with van der Waals surface area (Å²) in [5.41, 5.74) is -0.372. The monoisotopic (exact) mass is 349 g/mol. The van der Waals surface area contributed by atoms with E-state index in [0.717, 1.165) is 11.0 Å². The highest BCUT2D eigenvalue weighted by molar-refractivity contribution is 7.98. The largest absolute Gasteiger partial charge is 0.417 e. The molecule has 0 radical (unpaired) electrons. The molecule has 124 valence electrons. The van der Waals surface area contributed by atoms with Crippen LogP contribution in [0.3, 0.4) is 0 Å². The Morgan fingerprint density at radius 1 is 1.12 bits per heavy atom. The summed E-state index contributed by atoms with van der Waals surface area (Å²) >= 11 is 1.44. The number of rotatable bonds is 3. The second kappa shape index (κ2) is 7.93. The van der Waals surface area contributed by atoms with Crippen LogP contribution in [0.2, 0.25) is 0 Å².